The number of morpholine rings is 1. The number of hydrogen-bond acceptors (Lipinski definition) is 5. The lowest BCUT2D eigenvalue weighted by molar-refractivity contribution is -0.132. The van der Waals surface area contributed by atoms with Gasteiger partial charge in [0.15, 0.2) is 5.78 Å². The molecule has 1 heterocycles. The summed E-state index contributed by atoms with van der Waals surface area (Å²) in [7, 11) is 1.59. The summed E-state index contributed by atoms with van der Waals surface area (Å²) in [6.07, 6.45) is 0. The van der Waals surface area contributed by atoms with E-state index in [-0.39, 0.29) is 23.5 Å². The van der Waals surface area contributed by atoms with Crippen molar-refractivity contribution in [3.8, 4) is 5.75 Å². The Bertz CT molecular complexity index is 544. The Morgan fingerprint density at radius 2 is 2.24 bits per heavy atom. The molecule has 0 aliphatic carbocycles. The molecule has 1 aromatic carbocycles. The topological polar surface area (TPSA) is 78.9 Å². The van der Waals surface area contributed by atoms with Gasteiger partial charge in [0.2, 0.25) is 5.91 Å². The summed E-state index contributed by atoms with van der Waals surface area (Å²) in [5.41, 5.74) is 1.19. The molecule has 0 saturated carbocycles. The van der Waals surface area contributed by atoms with Crippen molar-refractivity contribution in [3.05, 3.63) is 29.3 Å². The molecular weight excluding hydrogens is 272 g/mol. The van der Waals surface area contributed by atoms with E-state index in [1.807, 2.05) is 4.90 Å². The second-order valence-electron chi connectivity index (χ2n) is 5.08. The van der Waals surface area contributed by atoms with Crippen LogP contribution in [0.2, 0.25) is 0 Å². The van der Waals surface area contributed by atoms with Crippen molar-refractivity contribution in [3.63, 3.8) is 0 Å². The molecule has 1 unspecified atom stereocenters. The lowest BCUT2D eigenvalue weighted by Gasteiger charge is -2.34. The standard InChI is InChI=1S/C15H20N2O4/c1-10(18)11-3-4-14(19)12(7-11)8-17-5-6-21-9-13(17)15(20)16-2/h3-4,7,13,19H,5-6,8-9H2,1-2H3,(H,16,20). The normalized spacial score (nSPS) is 19.2. The zero-order chi connectivity index (χ0) is 15.4. The highest BCUT2D eigenvalue weighted by atomic mass is 16.5. The van der Waals surface area contributed by atoms with Crippen molar-refractivity contribution < 1.29 is 19.4 Å². The first-order valence-corrected chi connectivity index (χ1v) is 6.89. The van der Waals surface area contributed by atoms with Gasteiger partial charge >= 0.3 is 0 Å². The quantitative estimate of drug-likeness (QED) is 0.792. The predicted molar refractivity (Wildman–Crippen MR) is 77.2 cm³/mol. The third kappa shape index (κ3) is 3.59. The Balaban J connectivity index is 2.20. The van der Waals surface area contributed by atoms with Crippen LogP contribution in [0.5, 0.6) is 5.75 Å². The molecule has 114 valence electrons. The van der Waals surface area contributed by atoms with E-state index in [4.69, 9.17) is 4.74 Å². The van der Waals surface area contributed by atoms with Crippen LogP contribution in [-0.2, 0) is 16.1 Å². The number of hydrogen-bond donors (Lipinski definition) is 2. The van der Waals surface area contributed by atoms with Crippen LogP contribution in [0, 0.1) is 0 Å². The Morgan fingerprint density at radius 3 is 2.90 bits per heavy atom. The smallest absolute Gasteiger partial charge is 0.239 e. The number of benzene rings is 1. The monoisotopic (exact) mass is 292 g/mol. The van der Waals surface area contributed by atoms with Crippen molar-refractivity contribution in [2.75, 3.05) is 26.8 Å². The highest BCUT2D eigenvalue weighted by Crippen LogP contribution is 2.22. The number of ketones is 1. The predicted octanol–water partition coefficient (Wildman–Crippen LogP) is 0.542. The SMILES string of the molecule is CNC(=O)C1COCCN1Cc1cc(C(C)=O)ccc1O. The summed E-state index contributed by atoms with van der Waals surface area (Å²) in [5, 5.41) is 12.6. The van der Waals surface area contributed by atoms with Crippen LogP contribution < -0.4 is 5.32 Å². The number of nitrogens with one attached hydrogen (secondary N) is 1. The molecule has 2 N–H and O–H groups in total. The third-order valence-corrected chi connectivity index (χ3v) is 3.65. The summed E-state index contributed by atoms with van der Waals surface area (Å²) in [6.45, 7) is 3.35. The van der Waals surface area contributed by atoms with E-state index >= 15 is 0 Å². The lowest BCUT2D eigenvalue weighted by atomic mass is 10.1. The number of Topliss-reactive ketones (excluding diaryl/α,β-unsaturated/α-hetero) is 1. The van der Waals surface area contributed by atoms with Gasteiger partial charge in [-0.1, -0.05) is 0 Å². The molecule has 0 radical (unpaired) electrons. The Hall–Kier alpha value is -1.92. The Kier molecular flexibility index (Phi) is 4.93. The highest BCUT2D eigenvalue weighted by molar-refractivity contribution is 5.94. The molecule has 21 heavy (non-hydrogen) atoms. The lowest BCUT2D eigenvalue weighted by Crippen LogP contribution is -2.52. The van der Waals surface area contributed by atoms with Gasteiger partial charge in [-0.05, 0) is 25.1 Å². The number of carbonyl (C=O) groups excluding carboxylic acids is 2. The second kappa shape index (κ2) is 6.69. The van der Waals surface area contributed by atoms with Crippen molar-refractivity contribution in [2.45, 2.75) is 19.5 Å². The maximum Gasteiger partial charge on any atom is 0.239 e. The second-order valence-corrected chi connectivity index (χ2v) is 5.08. The van der Waals surface area contributed by atoms with E-state index < -0.39 is 0 Å². The number of nitrogens with zero attached hydrogens (tertiary/aromatic N) is 1. The average molecular weight is 292 g/mol. The van der Waals surface area contributed by atoms with Gasteiger partial charge in [0.05, 0.1) is 13.2 Å². The largest absolute Gasteiger partial charge is 0.508 e. The molecule has 1 fully saturated rings. The number of likely N-dealkylation sites (N-methyl/N-ethyl adjacent to an activating group) is 1. The van der Waals surface area contributed by atoms with Crippen molar-refractivity contribution >= 4 is 11.7 Å². The van der Waals surface area contributed by atoms with Crippen LogP contribution in [-0.4, -0.2) is 54.5 Å². The highest BCUT2D eigenvalue weighted by Gasteiger charge is 2.29. The molecule has 0 aromatic heterocycles. The fourth-order valence-corrected chi connectivity index (χ4v) is 2.39. The number of ether oxygens (including phenoxy) is 1. The summed E-state index contributed by atoms with van der Waals surface area (Å²) in [4.78, 5) is 25.3. The molecule has 1 aliphatic heterocycles. The van der Waals surface area contributed by atoms with E-state index in [1.54, 1.807) is 19.2 Å². The van der Waals surface area contributed by atoms with Gasteiger partial charge in [0.1, 0.15) is 11.8 Å². The first-order chi connectivity index (χ1) is 10.0. The summed E-state index contributed by atoms with van der Waals surface area (Å²) < 4.78 is 5.35. The van der Waals surface area contributed by atoms with E-state index in [0.717, 1.165) is 0 Å². The molecule has 0 spiro atoms. The molecule has 2 rings (SSSR count). The molecule has 1 amide bonds. The molecule has 1 atom stereocenters. The maximum absolute atomic E-state index is 11.9. The van der Waals surface area contributed by atoms with Crippen LogP contribution in [0.4, 0.5) is 0 Å². The van der Waals surface area contributed by atoms with E-state index in [0.29, 0.717) is 37.4 Å². The summed E-state index contributed by atoms with van der Waals surface area (Å²) in [5.74, 6) is -0.0415. The Labute approximate surface area is 123 Å². The van der Waals surface area contributed by atoms with Crippen LogP contribution in [0.3, 0.4) is 0 Å². The fourth-order valence-electron chi connectivity index (χ4n) is 2.39. The van der Waals surface area contributed by atoms with Crippen LogP contribution >= 0.6 is 0 Å². The minimum Gasteiger partial charge on any atom is -0.508 e. The van der Waals surface area contributed by atoms with Gasteiger partial charge in [-0.2, -0.15) is 0 Å². The molecule has 1 saturated heterocycles. The van der Waals surface area contributed by atoms with E-state index in [9.17, 15) is 14.7 Å². The number of amides is 1. The van der Waals surface area contributed by atoms with Gasteiger partial charge in [0.25, 0.3) is 0 Å². The molecule has 6 nitrogen and oxygen atoms in total. The molecule has 1 aliphatic rings. The number of carbonyl (C=O) groups is 2. The van der Waals surface area contributed by atoms with E-state index in [2.05, 4.69) is 5.32 Å². The van der Waals surface area contributed by atoms with Crippen LogP contribution in [0.25, 0.3) is 0 Å². The zero-order valence-electron chi connectivity index (χ0n) is 12.3. The van der Waals surface area contributed by atoms with Gasteiger partial charge in [-0.25, -0.2) is 0 Å². The van der Waals surface area contributed by atoms with Crippen molar-refractivity contribution in [1.82, 2.24) is 10.2 Å². The minimum atomic E-state index is -0.385. The molecular formula is C15H20N2O4. The first-order valence-electron chi connectivity index (χ1n) is 6.89. The fraction of sp³-hybridized carbons (Fsp3) is 0.467. The first kappa shape index (κ1) is 15.5. The van der Waals surface area contributed by atoms with Crippen LogP contribution in [0.15, 0.2) is 18.2 Å². The van der Waals surface area contributed by atoms with Gasteiger partial charge in [-0.15, -0.1) is 0 Å². The third-order valence-electron chi connectivity index (χ3n) is 3.65. The number of rotatable bonds is 4. The van der Waals surface area contributed by atoms with Gasteiger partial charge in [-0.3, -0.25) is 14.5 Å². The molecule has 6 heteroatoms. The molecule has 1 aromatic rings. The number of phenolic OH excluding ortho intramolecular Hbond substituents is 1. The zero-order valence-corrected chi connectivity index (χ0v) is 12.3. The van der Waals surface area contributed by atoms with Crippen LogP contribution in [0.1, 0.15) is 22.8 Å². The maximum atomic E-state index is 11.9. The summed E-state index contributed by atoms with van der Waals surface area (Å²) >= 11 is 0. The average Bonchev–Trinajstić information content (AvgIpc) is 2.49. The molecule has 0 bridgehead atoms. The minimum absolute atomic E-state index is 0.0546. The van der Waals surface area contributed by atoms with E-state index in [1.165, 1.54) is 13.0 Å². The number of phenols is 1. The number of aromatic hydroxyl groups is 1. The Morgan fingerprint density at radius 1 is 1.48 bits per heavy atom. The van der Waals surface area contributed by atoms with Gasteiger partial charge in [0, 0.05) is 31.3 Å². The summed E-state index contributed by atoms with van der Waals surface area (Å²) in [6, 6.07) is 4.40. The van der Waals surface area contributed by atoms with Crippen molar-refractivity contribution in [2.24, 2.45) is 0 Å². The van der Waals surface area contributed by atoms with Crippen molar-refractivity contribution in [1.29, 1.82) is 0 Å². The van der Waals surface area contributed by atoms with Gasteiger partial charge < -0.3 is 15.2 Å².